The summed E-state index contributed by atoms with van der Waals surface area (Å²) >= 11 is 5.12. The van der Waals surface area contributed by atoms with E-state index in [4.69, 9.17) is 5.73 Å². The number of nitrogens with two attached hydrogens (primary N) is 1. The van der Waals surface area contributed by atoms with E-state index in [0.29, 0.717) is 17.8 Å². The van der Waals surface area contributed by atoms with Crippen molar-refractivity contribution in [2.45, 2.75) is 6.54 Å². The minimum atomic E-state index is -0.375. The number of ether oxygens (including phenoxy) is 1. The number of nitrogen functional groups attached to an aromatic ring is 1. The summed E-state index contributed by atoms with van der Waals surface area (Å²) in [4.78, 5) is 12.6. The molecule has 0 radical (unpaired) electrons. The van der Waals surface area contributed by atoms with Crippen LogP contribution < -0.4 is 11.1 Å². The van der Waals surface area contributed by atoms with Gasteiger partial charge in [0.25, 0.3) is 0 Å². The molecule has 0 saturated carbocycles. The van der Waals surface area contributed by atoms with Gasteiger partial charge in [0.15, 0.2) is 0 Å². The predicted molar refractivity (Wildman–Crippen MR) is 81.5 cm³/mol. The fraction of sp³-hybridized carbons (Fsp3) is 0.154. The summed E-state index contributed by atoms with van der Waals surface area (Å²) in [7, 11) is 1.36. The van der Waals surface area contributed by atoms with Gasteiger partial charge in [-0.15, -0.1) is 11.3 Å². The summed E-state index contributed by atoms with van der Waals surface area (Å²) in [5.74, 6) is -0.375. The van der Waals surface area contributed by atoms with Gasteiger partial charge in [0.2, 0.25) is 0 Å². The van der Waals surface area contributed by atoms with Gasteiger partial charge < -0.3 is 15.8 Å². The third kappa shape index (κ3) is 3.27. The predicted octanol–water partition coefficient (Wildman–Crippen LogP) is 3.49. The third-order valence-electron chi connectivity index (χ3n) is 2.60. The lowest BCUT2D eigenvalue weighted by Crippen LogP contribution is -2.06. The van der Waals surface area contributed by atoms with Crippen LogP contribution in [-0.4, -0.2) is 13.1 Å². The molecular formula is C13H13BrN2O2S. The van der Waals surface area contributed by atoms with Gasteiger partial charge in [-0.2, -0.15) is 0 Å². The van der Waals surface area contributed by atoms with Crippen molar-refractivity contribution < 1.29 is 9.53 Å². The highest BCUT2D eigenvalue weighted by molar-refractivity contribution is 9.10. The minimum Gasteiger partial charge on any atom is -0.465 e. The highest BCUT2D eigenvalue weighted by Crippen LogP contribution is 2.26. The molecule has 0 aliphatic rings. The van der Waals surface area contributed by atoms with Gasteiger partial charge in [0.05, 0.1) is 30.6 Å². The molecular weight excluding hydrogens is 328 g/mol. The summed E-state index contributed by atoms with van der Waals surface area (Å²) < 4.78 is 5.75. The lowest BCUT2D eigenvalue weighted by atomic mass is 10.1. The van der Waals surface area contributed by atoms with Crippen LogP contribution in [0.1, 0.15) is 15.2 Å². The molecule has 0 fully saturated rings. The quantitative estimate of drug-likeness (QED) is 0.660. The Labute approximate surface area is 123 Å². The average Bonchev–Trinajstić information content (AvgIpc) is 2.82. The van der Waals surface area contributed by atoms with E-state index in [1.54, 1.807) is 29.5 Å². The first kappa shape index (κ1) is 13.9. The summed E-state index contributed by atoms with van der Waals surface area (Å²) in [6.07, 6.45) is 0. The molecule has 6 heteroatoms. The fourth-order valence-electron chi connectivity index (χ4n) is 1.58. The summed E-state index contributed by atoms with van der Waals surface area (Å²) in [6.45, 7) is 0.646. The molecule has 0 spiro atoms. The first-order valence-corrected chi connectivity index (χ1v) is 7.22. The van der Waals surface area contributed by atoms with Crippen LogP contribution in [-0.2, 0) is 11.3 Å². The zero-order chi connectivity index (χ0) is 13.8. The van der Waals surface area contributed by atoms with Crippen molar-refractivity contribution in [2.24, 2.45) is 0 Å². The number of esters is 1. The van der Waals surface area contributed by atoms with Crippen molar-refractivity contribution >= 4 is 44.6 Å². The number of anilines is 2. The highest BCUT2D eigenvalue weighted by atomic mass is 79.9. The van der Waals surface area contributed by atoms with Crippen molar-refractivity contribution in [3.05, 3.63) is 44.6 Å². The smallest absolute Gasteiger partial charge is 0.337 e. The number of carbonyl (C=O) groups excluding carboxylic acids is 1. The van der Waals surface area contributed by atoms with Crippen molar-refractivity contribution in [3.63, 3.8) is 0 Å². The number of thiophene rings is 1. The van der Waals surface area contributed by atoms with E-state index in [9.17, 15) is 4.79 Å². The van der Waals surface area contributed by atoms with Crippen molar-refractivity contribution in [3.8, 4) is 0 Å². The fourth-order valence-corrected chi connectivity index (χ4v) is 3.01. The van der Waals surface area contributed by atoms with Crippen LogP contribution in [0.4, 0.5) is 11.4 Å². The van der Waals surface area contributed by atoms with Crippen molar-refractivity contribution in [2.75, 3.05) is 18.2 Å². The van der Waals surface area contributed by atoms with E-state index in [1.165, 1.54) is 12.0 Å². The summed E-state index contributed by atoms with van der Waals surface area (Å²) in [5.41, 5.74) is 7.68. The molecule has 2 rings (SSSR count). The Balaban J connectivity index is 2.15. The largest absolute Gasteiger partial charge is 0.465 e. The Morgan fingerprint density at radius 3 is 2.89 bits per heavy atom. The second-order valence-electron chi connectivity index (χ2n) is 3.84. The molecule has 0 aliphatic heterocycles. The van der Waals surface area contributed by atoms with Gasteiger partial charge in [-0.3, -0.25) is 0 Å². The number of methoxy groups -OCH3 is 1. The molecule has 19 heavy (non-hydrogen) atoms. The monoisotopic (exact) mass is 340 g/mol. The number of halogens is 1. The summed E-state index contributed by atoms with van der Waals surface area (Å²) in [5, 5.41) is 5.23. The van der Waals surface area contributed by atoms with Crippen LogP contribution in [0.25, 0.3) is 0 Å². The molecule has 2 aromatic rings. The molecule has 3 N–H and O–H groups in total. The maximum Gasteiger partial charge on any atom is 0.337 e. The lowest BCUT2D eigenvalue weighted by molar-refractivity contribution is 0.0601. The molecule has 1 aromatic carbocycles. The molecule has 0 atom stereocenters. The standard InChI is InChI=1S/C13H13BrN2O2S/c1-18-13(17)8-2-3-10(15)11(6-8)16-7-12-9(14)4-5-19-12/h2-6,16H,7,15H2,1H3. The van der Waals surface area contributed by atoms with Crippen LogP contribution in [0.3, 0.4) is 0 Å². The van der Waals surface area contributed by atoms with Crippen molar-refractivity contribution in [1.82, 2.24) is 0 Å². The van der Waals surface area contributed by atoms with E-state index >= 15 is 0 Å². The maximum atomic E-state index is 11.5. The Morgan fingerprint density at radius 2 is 2.26 bits per heavy atom. The van der Waals surface area contributed by atoms with E-state index in [1.807, 2.05) is 11.4 Å². The molecule has 4 nitrogen and oxygen atoms in total. The Bertz CT molecular complexity index is 598. The molecule has 0 amide bonds. The van der Waals surface area contributed by atoms with Gasteiger partial charge in [0, 0.05) is 9.35 Å². The van der Waals surface area contributed by atoms with Crippen LogP contribution in [0.5, 0.6) is 0 Å². The zero-order valence-corrected chi connectivity index (χ0v) is 12.7. The van der Waals surface area contributed by atoms with Crippen LogP contribution >= 0.6 is 27.3 Å². The topological polar surface area (TPSA) is 64.3 Å². The van der Waals surface area contributed by atoms with Gasteiger partial charge in [-0.05, 0) is 45.6 Å². The van der Waals surface area contributed by atoms with Gasteiger partial charge in [0.1, 0.15) is 0 Å². The van der Waals surface area contributed by atoms with Gasteiger partial charge in [-0.25, -0.2) is 4.79 Å². The summed E-state index contributed by atoms with van der Waals surface area (Å²) in [6, 6.07) is 7.03. The number of rotatable bonds is 4. The Kier molecular flexibility index (Phi) is 4.44. The van der Waals surface area contributed by atoms with Gasteiger partial charge in [-0.1, -0.05) is 0 Å². The number of benzene rings is 1. The highest BCUT2D eigenvalue weighted by Gasteiger charge is 2.09. The number of nitrogens with one attached hydrogen (secondary N) is 1. The first-order valence-electron chi connectivity index (χ1n) is 5.55. The van der Waals surface area contributed by atoms with E-state index < -0.39 is 0 Å². The molecule has 0 bridgehead atoms. The van der Waals surface area contributed by atoms with E-state index in [0.717, 1.165) is 10.2 Å². The number of carbonyl (C=O) groups is 1. The van der Waals surface area contributed by atoms with Crippen LogP contribution in [0.2, 0.25) is 0 Å². The van der Waals surface area contributed by atoms with E-state index in [2.05, 4.69) is 26.0 Å². The molecule has 0 aliphatic carbocycles. The van der Waals surface area contributed by atoms with Gasteiger partial charge >= 0.3 is 5.97 Å². The number of hydrogen-bond donors (Lipinski definition) is 2. The lowest BCUT2D eigenvalue weighted by Gasteiger charge is -2.10. The van der Waals surface area contributed by atoms with E-state index in [-0.39, 0.29) is 5.97 Å². The Morgan fingerprint density at radius 1 is 1.47 bits per heavy atom. The third-order valence-corrected chi connectivity index (χ3v) is 4.53. The second kappa shape index (κ2) is 6.08. The van der Waals surface area contributed by atoms with Crippen LogP contribution in [0, 0.1) is 0 Å². The molecule has 0 saturated heterocycles. The SMILES string of the molecule is COC(=O)c1ccc(N)c(NCc2sccc2Br)c1. The molecule has 1 heterocycles. The average molecular weight is 341 g/mol. The normalized spacial score (nSPS) is 10.2. The van der Waals surface area contributed by atoms with Crippen LogP contribution in [0.15, 0.2) is 34.1 Å². The minimum absolute atomic E-state index is 0.375. The molecule has 0 unspecified atom stereocenters. The molecule has 1 aromatic heterocycles. The number of hydrogen-bond acceptors (Lipinski definition) is 5. The molecule has 100 valence electrons. The first-order chi connectivity index (χ1) is 9.11. The van der Waals surface area contributed by atoms with Crippen molar-refractivity contribution in [1.29, 1.82) is 0 Å². The second-order valence-corrected chi connectivity index (χ2v) is 5.69. The Hall–Kier alpha value is -1.53. The maximum absolute atomic E-state index is 11.5. The zero-order valence-electron chi connectivity index (χ0n) is 10.3.